The molecule has 2 aromatic heterocycles. The molecule has 0 aliphatic heterocycles. The normalized spacial score (nSPS) is 18.0. The van der Waals surface area contributed by atoms with Crippen LogP contribution < -0.4 is 5.32 Å². The van der Waals surface area contributed by atoms with Gasteiger partial charge in [0.25, 0.3) is 0 Å². The van der Waals surface area contributed by atoms with E-state index in [0.717, 1.165) is 34.5 Å². The fourth-order valence-corrected chi connectivity index (χ4v) is 5.17. The highest BCUT2D eigenvalue weighted by Gasteiger charge is 2.25. The number of ether oxygens (including phenoxy) is 1. The van der Waals surface area contributed by atoms with Crippen molar-refractivity contribution in [3.05, 3.63) is 16.8 Å². The Balaban J connectivity index is 1.87. The number of thiophene rings is 1. The Morgan fingerprint density at radius 3 is 3.00 bits per heavy atom. The molecule has 2 amide bonds. The van der Waals surface area contributed by atoms with Gasteiger partial charge >= 0.3 is 6.09 Å². The Morgan fingerprint density at radius 1 is 1.46 bits per heavy atom. The smallest absolute Gasteiger partial charge is 0.413 e. The number of aryl methyl sites for hydroxylation is 1. The van der Waals surface area contributed by atoms with Crippen LogP contribution in [0.3, 0.4) is 0 Å². The summed E-state index contributed by atoms with van der Waals surface area (Å²) in [5.41, 5.74) is 1.33. The largest absolute Gasteiger partial charge is 0.453 e. The van der Waals surface area contributed by atoms with E-state index in [1.165, 1.54) is 29.3 Å². The number of carbonyl (C=O) groups excluding carboxylic acids is 2. The summed E-state index contributed by atoms with van der Waals surface area (Å²) >= 11 is 3.08. The van der Waals surface area contributed by atoms with Gasteiger partial charge in [0, 0.05) is 10.3 Å². The molecule has 0 saturated carbocycles. The van der Waals surface area contributed by atoms with E-state index in [-0.39, 0.29) is 0 Å². The number of methoxy groups -OCH3 is 1. The molecular weight excluding hydrogens is 346 g/mol. The number of imide groups is 1. The number of alkyl carbamates (subject to hydrolysis) is 1. The van der Waals surface area contributed by atoms with Crippen molar-refractivity contribution < 1.29 is 14.3 Å². The molecule has 1 aliphatic carbocycles. The van der Waals surface area contributed by atoms with Crippen LogP contribution in [0.15, 0.2) is 11.4 Å². The van der Waals surface area contributed by atoms with Crippen LogP contribution in [0.25, 0.3) is 10.2 Å². The van der Waals surface area contributed by atoms with Gasteiger partial charge in [-0.25, -0.2) is 14.8 Å². The van der Waals surface area contributed by atoms with Crippen LogP contribution >= 0.6 is 23.1 Å². The average Bonchev–Trinajstić information content (AvgIpc) is 2.92. The van der Waals surface area contributed by atoms with Crippen LogP contribution in [-0.2, 0) is 22.4 Å². The Hall–Kier alpha value is -1.67. The van der Waals surface area contributed by atoms with E-state index < -0.39 is 17.3 Å². The molecule has 0 aromatic carbocycles. The lowest BCUT2D eigenvalue weighted by Crippen LogP contribution is -2.35. The highest BCUT2D eigenvalue weighted by Crippen LogP contribution is 2.41. The Morgan fingerprint density at radius 2 is 2.25 bits per heavy atom. The van der Waals surface area contributed by atoms with Gasteiger partial charge in [-0.1, -0.05) is 18.7 Å². The van der Waals surface area contributed by atoms with Crippen molar-refractivity contribution in [3.63, 3.8) is 0 Å². The summed E-state index contributed by atoms with van der Waals surface area (Å²) in [6.07, 6.45) is 4.07. The molecule has 0 spiro atoms. The number of fused-ring (bicyclic) bond motifs is 3. The summed E-state index contributed by atoms with van der Waals surface area (Å²) in [6, 6.07) is 0. The molecule has 0 radical (unpaired) electrons. The average molecular weight is 365 g/mol. The van der Waals surface area contributed by atoms with E-state index in [2.05, 4.69) is 26.9 Å². The number of hydrogen-bond donors (Lipinski definition) is 1. The number of carbonyl (C=O) groups is 2. The minimum Gasteiger partial charge on any atom is -0.453 e. The van der Waals surface area contributed by atoms with Gasteiger partial charge in [0.2, 0.25) is 5.91 Å². The van der Waals surface area contributed by atoms with Crippen LogP contribution in [0, 0.1) is 5.92 Å². The number of nitrogens with zero attached hydrogens (tertiary/aromatic N) is 2. The minimum atomic E-state index is -0.748. The van der Waals surface area contributed by atoms with Crippen LogP contribution in [0.5, 0.6) is 0 Å². The third-order valence-corrected chi connectivity index (χ3v) is 6.39. The molecule has 0 bridgehead atoms. The summed E-state index contributed by atoms with van der Waals surface area (Å²) < 4.78 is 4.46. The lowest BCUT2D eigenvalue weighted by molar-refractivity contribution is -0.119. The van der Waals surface area contributed by atoms with Crippen molar-refractivity contribution in [3.8, 4) is 0 Å². The van der Waals surface area contributed by atoms with E-state index in [0.29, 0.717) is 5.92 Å². The molecule has 3 rings (SSSR count). The summed E-state index contributed by atoms with van der Waals surface area (Å²) in [4.78, 5) is 34.4. The van der Waals surface area contributed by atoms with Crippen LogP contribution in [0.4, 0.5) is 4.79 Å². The molecule has 2 atom stereocenters. The molecule has 2 aromatic rings. The lowest BCUT2D eigenvalue weighted by Gasteiger charge is -2.18. The van der Waals surface area contributed by atoms with E-state index in [9.17, 15) is 9.59 Å². The van der Waals surface area contributed by atoms with Gasteiger partial charge in [-0.05, 0) is 37.7 Å². The highest BCUT2D eigenvalue weighted by atomic mass is 32.2. The number of rotatable bonds is 3. The Kier molecular flexibility index (Phi) is 5.05. The van der Waals surface area contributed by atoms with E-state index in [4.69, 9.17) is 0 Å². The molecule has 1 aliphatic rings. The standard InChI is InChI=1S/C16H19N3O3S2/c1-8-4-5-10-11(6-8)24-15-12(10)14(17-7-18-15)23-9(2)13(20)19-16(21)22-3/h7-9H,4-6H2,1-3H3,(H,19,20,21)/t8-,9-/m1/s1. The third-order valence-electron chi connectivity index (χ3n) is 4.13. The highest BCUT2D eigenvalue weighted by molar-refractivity contribution is 8.00. The summed E-state index contributed by atoms with van der Waals surface area (Å²) in [6.45, 7) is 4.02. The molecule has 24 heavy (non-hydrogen) atoms. The van der Waals surface area contributed by atoms with Gasteiger partial charge in [-0.3, -0.25) is 10.1 Å². The first-order valence-electron chi connectivity index (χ1n) is 7.80. The van der Waals surface area contributed by atoms with Crippen molar-refractivity contribution in [1.82, 2.24) is 15.3 Å². The van der Waals surface area contributed by atoms with Crippen molar-refractivity contribution in [2.75, 3.05) is 7.11 Å². The summed E-state index contributed by atoms with van der Waals surface area (Å²) in [5, 5.41) is 3.62. The van der Waals surface area contributed by atoms with E-state index in [1.807, 2.05) is 0 Å². The van der Waals surface area contributed by atoms with Gasteiger partial charge in [-0.2, -0.15) is 0 Å². The number of aromatic nitrogens is 2. The fourth-order valence-electron chi connectivity index (χ4n) is 2.81. The van der Waals surface area contributed by atoms with E-state index >= 15 is 0 Å². The predicted octanol–water partition coefficient (Wildman–Crippen LogP) is 3.18. The number of nitrogens with one attached hydrogen (secondary N) is 1. The second kappa shape index (κ2) is 7.06. The van der Waals surface area contributed by atoms with Gasteiger partial charge in [0.15, 0.2) is 0 Å². The topological polar surface area (TPSA) is 81.2 Å². The molecule has 0 unspecified atom stereocenters. The van der Waals surface area contributed by atoms with Crippen LogP contribution in [0.1, 0.15) is 30.7 Å². The van der Waals surface area contributed by atoms with Crippen LogP contribution in [-0.4, -0.2) is 34.3 Å². The first kappa shape index (κ1) is 17.2. The maximum atomic E-state index is 12.0. The second-order valence-corrected chi connectivity index (χ2v) is 8.36. The van der Waals surface area contributed by atoms with Crippen molar-refractivity contribution >= 4 is 45.3 Å². The first-order valence-corrected chi connectivity index (χ1v) is 9.50. The number of amides is 2. The van der Waals surface area contributed by atoms with Crippen molar-refractivity contribution in [2.24, 2.45) is 5.92 Å². The third kappa shape index (κ3) is 3.39. The van der Waals surface area contributed by atoms with E-state index in [1.54, 1.807) is 24.6 Å². The molecule has 1 N–H and O–H groups in total. The zero-order valence-corrected chi connectivity index (χ0v) is 15.4. The zero-order chi connectivity index (χ0) is 17.3. The van der Waals surface area contributed by atoms with Crippen LogP contribution in [0.2, 0.25) is 0 Å². The number of hydrogen-bond acceptors (Lipinski definition) is 7. The summed E-state index contributed by atoms with van der Waals surface area (Å²) in [7, 11) is 1.23. The zero-order valence-electron chi connectivity index (χ0n) is 13.8. The molecule has 0 fully saturated rings. The Labute approximate surface area is 148 Å². The maximum absolute atomic E-state index is 12.0. The van der Waals surface area contributed by atoms with Gasteiger partial charge in [-0.15, -0.1) is 11.3 Å². The molecule has 0 saturated heterocycles. The summed E-state index contributed by atoms with van der Waals surface area (Å²) in [5.74, 6) is 0.302. The van der Waals surface area contributed by atoms with Gasteiger partial charge in [0.1, 0.15) is 16.2 Å². The fraction of sp³-hybridized carbons (Fsp3) is 0.500. The van der Waals surface area contributed by atoms with Gasteiger partial charge in [0.05, 0.1) is 12.4 Å². The first-order chi connectivity index (χ1) is 11.5. The SMILES string of the molecule is COC(=O)NC(=O)[C@@H](C)Sc1ncnc2sc3c(c12)CC[C@@H](C)C3. The maximum Gasteiger partial charge on any atom is 0.413 e. The minimum absolute atomic E-state index is 0.392. The predicted molar refractivity (Wildman–Crippen MR) is 94.5 cm³/mol. The monoisotopic (exact) mass is 365 g/mol. The second-order valence-electron chi connectivity index (χ2n) is 5.95. The lowest BCUT2D eigenvalue weighted by atomic mass is 9.89. The Bertz CT molecular complexity index is 790. The molecular formula is C16H19N3O3S2. The quantitative estimate of drug-likeness (QED) is 0.665. The molecule has 8 heteroatoms. The van der Waals surface area contributed by atoms with Crippen molar-refractivity contribution in [1.29, 1.82) is 0 Å². The van der Waals surface area contributed by atoms with Gasteiger partial charge < -0.3 is 4.74 Å². The van der Waals surface area contributed by atoms with Crippen molar-refractivity contribution in [2.45, 2.75) is 43.4 Å². The number of thioether (sulfide) groups is 1. The molecule has 6 nitrogen and oxygen atoms in total. The molecule has 128 valence electrons. The molecule has 2 heterocycles.